The van der Waals surface area contributed by atoms with Crippen molar-refractivity contribution in [2.45, 2.75) is 19.3 Å². The molecule has 1 aromatic carbocycles. The van der Waals surface area contributed by atoms with Crippen LogP contribution in [-0.2, 0) is 0 Å². The lowest BCUT2D eigenvalue weighted by Gasteiger charge is -2.32. The number of nitrogens with zero attached hydrogens (tertiary/aromatic N) is 2. The standard InChI is InChI=1S/C18H26N2O3/c1-19-8-5-13(6-9-19)14-7-10-20(12-14)18(22)16-11-15(21)3-4-17(16)23-2/h3-4,11,13-14,21H,5-10,12H2,1-2H3. The van der Waals surface area contributed by atoms with Crippen molar-refractivity contribution in [2.24, 2.45) is 11.8 Å². The lowest BCUT2D eigenvalue weighted by molar-refractivity contribution is 0.0772. The summed E-state index contributed by atoms with van der Waals surface area (Å²) in [6.07, 6.45) is 3.55. The van der Waals surface area contributed by atoms with Crippen LogP contribution in [0.2, 0.25) is 0 Å². The number of benzene rings is 1. The Hall–Kier alpha value is -1.75. The van der Waals surface area contributed by atoms with Gasteiger partial charge in [0.2, 0.25) is 0 Å². The molecular weight excluding hydrogens is 292 g/mol. The van der Waals surface area contributed by atoms with Crippen LogP contribution in [0.5, 0.6) is 11.5 Å². The number of carbonyl (C=O) groups is 1. The highest BCUT2D eigenvalue weighted by Crippen LogP contribution is 2.33. The van der Waals surface area contributed by atoms with Gasteiger partial charge in [0, 0.05) is 13.1 Å². The van der Waals surface area contributed by atoms with Crippen LogP contribution in [-0.4, -0.2) is 61.2 Å². The van der Waals surface area contributed by atoms with Crippen molar-refractivity contribution in [3.8, 4) is 11.5 Å². The Kier molecular flexibility index (Phi) is 4.76. The smallest absolute Gasteiger partial charge is 0.257 e. The molecule has 1 unspecified atom stereocenters. The van der Waals surface area contributed by atoms with Crippen molar-refractivity contribution in [1.82, 2.24) is 9.80 Å². The summed E-state index contributed by atoms with van der Waals surface area (Å²) < 4.78 is 5.27. The Morgan fingerprint density at radius 2 is 1.87 bits per heavy atom. The third-order valence-electron chi connectivity index (χ3n) is 5.36. The summed E-state index contributed by atoms with van der Waals surface area (Å²) in [5.41, 5.74) is 0.455. The summed E-state index contributed by atoms with van der Waals surface area (Å²) in [6, 6.07) is 4.69. The first-order valence-corrected chi connectivity index (χ1v) is 8.43. The molecule has 0 spiro atoms. The molecular formula is C18H26N2O3. The van der Waals surface area contributed by atoms with Crippen LogP contribution in [0.3, 0.4) is 0 Å². The van der Waals surface area contributed by atoms with Gasteiger partial charge in [-0.05, 0) is 69.4 Å². The Morgan fingerprint density at radius 3 is 2.57 bits per heavy atom. The largest absolute Gasteiger partial charge is 0.508 e. The van der Waals surface area contributed by atoms with Crippen molar-refractivity contribution in [2.75, 3.05) is 40.3 Å². The number of phenols is 1. The van der Waals surface area contributed by atoms with Crippen molar-refractivity contribution in [3.63, 3.8) is 0 Å². The number of aromatic hydroxyl groups is 1. The van der Waals surface area contributed by atoms with Crippen molar-refractivity contribution in [1.29, 1.82) is 0 Å². The molecule has 2 heterocycles. The van der Waals surface area contributed by atoms with Gasteiger partial charge in [0.25, 0.3) is 5.91 Å². The van der Waals surface area contributed by atoms with E-state index in [1.54, 1.807) is 19.2 Å². The molecule has 0 radical (unpaired) electrons. The zero-order valence-corrected chi connectivity index (χ0v) is 14.0. The van der Waals surface area contributed by atoms with Gasteiger partial charge in [0.15, 0.2) is 0 Å². The molecule has 0 aromatic heterocycles. The summed E-state index contributed by atoms with van der Waals surface area (Å²) >= 11 is 0. The van der Waals surface area contributed by atoms with Gasteiger partial charge in [-0.25, -0.2) is 0 Å². The Balaban J connectivity index is 1.67. The van der Waals surface area contributed by atoms with Crippen LogP contribution in [0.4, 0.5) is 0 Å². The molecule has 2 aliphatic rings. The van der Waals surface area contributed by atoms with Crippen LogP contribution in [0.15, 0.2) is 18.2 Å². The maximum absolute atomic E-state index is 12.8. The predicted molar refractivity (Wildman–Crippen MR) is 88.9 cm³/mol. The highest BCUT2D eigenvalue weighted by Gasteiger charge is 2.34. The van der Waals surface area contributed by atoms with Gasteiger partial charge in [-0.15, -0.1) is 0 Å². The second-order valence-corrected chi connectivity index (χ2v) is 6.83. The van der Waals surface area contributed by atoms with Gasteiger partial charge in [0.1, 0.15) is 11.5 Å². The molecule has 1 N–H and O–H groups in total. The van der Waals surface area contributed by atoms with E-state index in [1.165, 1.54) is 18.9 Å². The van der Waals surface area contributed by atoms with Gasteiger partial charge < -0.3 is 19.6 Å². The number of likely N-dealkylation sites (tertiary alicyclic amines) is 2. The van der Waals surface area contributed by atoms with Crippen molar-refractivity contribution >= 4 is 5.91 Å². The van der Waals surface area contributed by atoms with E-state index in [4.69, 9.17) is 4.74 Å². The van der Waals surface area contributed by atoms with Crippen LogP contribution in [0.1, 0.15) is 29.6 Å². The second kappa shape index (κ2) is 6.79. The summed E-state index contributed by atoms with van der Waals surface area (Å²) in [6.45, 7) is 3.95. The minimum absolute atomic E-state index is 0.0341. The van der Waals surface area contributed by atoms with Gasteiger partial charge in [-0.1, -0.05) is 0 Å². The highest BCUT2D eigenvalue weighted by molar-refractivity contribution is 5.97. The fourth-order valence-corrected chi connectivity index (χ4v) is 3.89. The number of ether oxygens (including phenoxy) is 1. The van der Waals surface area contributed by atoms with Crippen LogP contribution in [0.25, 0.3) is 0 Å². The number of carbonyl (C=O) groups excluding carboxylic acids is 1. The quantitative estimate of drug-likeness (QED) is 0.928. The van der Waals surface area contributed by atoms with Gasteiger partial charge in [-0.3, -0.25) is 4.79 Å². The highest BCUT2D eigenvalue weighted by atomic mass is 16.5. The lowest BCUT2D eigenvalue weighted by Crippen LogP contribution is -2.35. The minimum Gasteiger partial charge on any atom is -0.508 e. The molecule has 2 fully saturated rings. The Labute approximate surface area is 137 Å². The van der Waals surface area contributed by atoms with E-state index < -0.39 is 0 Å². The maximum Gasteiger partial charge on any atom is 0.257 e. The van der Waals surface area contributed by atoms with Gasteiger partial charge in [0.05, 0.1) is 12.7 Å². The first kappa shape index (κ1) is 16.1. The third-order valence-corrected chi connectivity index (χ3v) is 5.36. The molecule has 0 aliphatic carbocycles. The summed E-state index contributed by atoms with van der Waals surface area (Å²) in [5.74, 6) is 1.93. The molecule has 1 aromatic rings. The second-order valence-electron chi connectivity index (χ2n) is 6.83. The maximum atomic E-state index is 12.8. The minimum atomic E-state index is -0.0341. The summed E-state index contributed by atoms with van der Waals surface area (Å²) in [4.78, 5) is 17.1. The molecule has 1 atom stereocenters. The zero-order valence-electron chi connectivity index (χ0n) is 14.0. The average molecular weight is 318 g/mol. The van der Waals surface area contributed by atoms with Gasteiger partial charge >= 0.3 is 0 Å². The number of methoxy groups -OCH3 is 1. The summed E-state index contributed by atoms with van der Waals surface area (Å²) in [5, 5.41) is 9.67. The number of phenolic OH excluding ortho intramolecular Hbond substituents is 1. The molecule has 23 heavy (non-hydrogen) atoms. The van der Waals surface area contributed by atoms with E-state index in [1.807, 2.05) is 4.90 Å². The van der Waals surface area contributed by atoms with E-state index in [0.717, 1.165) is 38.5 Å². The fraction of sp³-hybridized carbons (Fsp3) is 0.611. The lowest BCUT2D eigenvalue weighted by atomic mass is 9.84. The molecule has 126 valence electrons. The van der Waals surface area contributed by atoms with Crippen LogP contribution < -0.4 is 4.74 Å². The first-order chi connectivity index (χ1) is 11.1. The molecule has 1 amide bonds. The topological polar surface area (TPSA) is 53.0 Å². The van der Waals surface area contributed by atoms with E-state index in [2.05, 4.69) is 11.9 Å². The van der Waals surface area contributed by atoms with E-state index in [0.29, 0.717) is 17.2 Å². The van der Waals surface area contributed by atoms with Gasteiger partial charge in [-0.2, -0.15) is 0 Å². The SMILES string of the molecule is COc1ccc(O)cc1C(=O)N1CCC(C2CCN(C)CC2)C1. The van der Waals surface area contributed by atoms with Crippen LogP contribution in [0, 0.1) is 11.8 Å². The number of amides is 1. The molecule has 5 nitrogen and oxygen atoms in total. The number of hydrogen-bond acceptors (Lipinski definition) is 4. The van der Waals surface area contributed by atoms with E-state index in [9.17, 15) is 9.90 Å². The Morgan fingerprint density at radius 1 is 1.17 bits per heavy atom. The van der Waals surface area contributed by atoms with E-state index >= 15 is 0 Å². The van der Waals surface area contributed by atoms with E-state index in [-0.39, 0.29) is 11.7 Å². The first-order valence-electron chi connectivity index (χ1n) is 8.43. The molecule has 3 rings (SSSR count). The number of piperidine rings is 1. The normalized spacial score (nSPS) is 23.2. The number of rotatable bonds is 3. The monoisotopic (exact) mass is 318 g/mol. The van der Waals surface area contributed by atoms with Crippen LogP contribution >= 0.6 is 0 Å². The molecule has 0 bridgehead atoms. The third kappa shape index (κ3) is 3.44. The summed E-state index contributed by atoms with van der Waals surface area (Å²) in [7, 11) is 3.73. The Bertz CT molecular complexity index is 567. The number of hydrogen-bond donors (Lipinski definition) is 1. The molecule has 2 saturated heterocycles. The fourth-order valence-electron chi connectivity index (χ4n) is 3.89. The molecule has 5 heteroatoms. The molecule has 0 saturated carbocycles. The average Bonchev–Trinajstić information content (AvgIpc) is 3.04. The zero-order chi connectivity index (χ0) is 16.4. The van der Waals surface area contributed by atoms with Crippen molar-refractivity contribution < 1.29 is 14.6 Å². The molecule has 2 aliphatic heterocycles. The predicted octanol–water partition coefficient (Wildman–Crippen LogP) is 2.20. The van der Waals surface area contributed by atoms with Crippen molar-refractivity contribution in [3.05, 3.63) is 23.8 Å².